The maximum Gasteiger partial charge on any atom is 0.306 e. The molecule has 3 atom stereocenters. The van der Waals surface area contributed by atoms with Gasteiger partial charge in [0.05, 0.1) is 33.8 Å². The van der Waals surface area contributed by atoms with Crippen LogP contribution in [0.4, 0.5) is 0 Å². The maximum atomic E-state index is 13.6. The molecule has 3 unspecified atom stereocenters. The highest BCUT2D eigenvalue weighted by molar-refractivity contribution is 7.45. The van der Waals surface area contributed by atoms with Gasteiger partial charge in [0.15, 0.2) is 0 Å². The Kier molecular flexibility index (Phi) is 58.7. The average Bonchev–Trinajstić information content (AvgIpc) is 3.44. The van der Waals surface area contributed by atoms with Crippen LogP contribution in [0, 0.1) is 0 Å². The quantitative estimate of drug-likeness (QED) is 0.0212. The summed E-state index contributed by atoms with van der Waals surface area (Å²) in [5, 5.41) is 3.02. The second-order valence-electron chi connectivity index (χ2n) is 24.3. The third-order valence-electron chi connectivity index (χ3n) is 15.1. The van der Waals surface area contributed by atoms with E-state index in [0.717, 1.165) is 77.0 Å². The summed E-state index contributed by atoms with van der Waals surface area (Å²) in [5.74, 6) is -0.569. The van der Waals surface area contributed by atoms with Crippen LogP contribution in [0.1, 0.15) is 316 Å². The first-order chi connectivity index (χ1) is 39.4. The van der Waals surface area contributed by atoms with Crippen LogP contribution in [0.15, 0.2) is 72.9 Å². The van der Waals surface area contributed by atoms with E-state index in [0.29, 0.717) is 17.4 Å². The second kappa shape index (κ2) is 60.6. The van der Waals surface area contributed by atoms with Crippen molar-refractivity contribution in [1.29, 1.82) is 0 Å². The van der Waals surface area contributed by atoms with E-state index in [-0.39, 0.29) is 31.3 Å². The van der Waals surface area contributed by atoms with Crippen LogP contribution in [0.25, 0.3) is 0 Å². The summed E-state index contributed by atoms with van der Waals surface area (Å²) < 4.78 is 30.4. The van der Waals surface area contributed by atoms with E-state index in [2.05, 4.69) is 86.8 Å². The van der Waals surface area contributed by atoms with E-state index < -0.39 is 26.6 Å². The van der Waals surface area contributed by atoms with Gasteiger partial charge in [0.2, 0.25) is 5.91 Å². The summed E-state index contributed by atoms with van der Waals surface area (Å²) in [4.78, 5) is 40.1. The number of amides is 1. The minimum absolute atomic E-state index is 0.0301. The molecular formula is C71H131N2O7P. The van der Waals surface area contributed by atoms with Gasteiger partial charge in [-0.15, -0.1) is 0 Å². The van der Waals surface area contributed by atoms with E-state index in [1.165, 1.54) is 199 Å². The molecule has 0 rings (SSSR count). The van der Waals surface area contributed by atoms with Gasteiger partial charge in [0.25, 0.3) is 7.82 Å². The molecule has 0 aliphatic rings. The Hall–Kier alpha value is -2.55. The Morgan fingerprint density at radius 2 is 0.753 bits per heavy atom. The Labute approximate surface area is 502 Å². The summed E-state index contributed by atoms with van der Waals surface area (Å²) in [6.45, 7) is 6.82. The number of hydrogen-bond donors (Lipinski definition) is 1. The lowest BCUT2D eigenvalue weighted by atomic mass is 10.0. The Bertz CT molecular complexity index is 1620. The van der Waals surface area contributed by atoms with Crippen molar-refractivity contribution in [3.63, 3.8) is 0 Å². The van der Waals surface area contributed by atoms with Gasteiger partial charge in [-0.3, -0.25) is 14.2 Å². The first-order valence-electron chi connectivity index (χ1n) is 34.2. The van der Waals surface area contributed by atoms with Crippen LogP contribution in [-0.4, -0.2) is 69.4 Å². The molecule has 1 N–H and O–H groups in total. The number of rotatable bonds is 62. The molecule has 0 spiro atoms. The van der Waals surface area contributed by atoms with E-state index >= 15 is 0 Å². The molecule has 0 aromatic rings. The van der Waals surface area contributed by atoms with Crippen LogP contribution in [-0.2, 0) is 27.9 Å². The molecule has 0 fully saturated rings. The van der Waals surface area contributed by atoms with Gasteiger partial charge < -0.3 is 28.5 Å². The molecule has 0 bridgehead atoms. The summed E-state index contributed by atoms with van der Waals surface area (Å²) >= 11 is 0. The lowest BCUT2D eigenvalue weighted by molar-refractivity contribution is -0.870. The molecule has 0 saturated heterocycles. The van der Waals surface area contributed by atoms with Gasteiger partial charge in [-0.1, -0.05) is 274 Å². The minimum atomic E-state index is -4.71. The lowest BCUT2D eigenvalue weighted by Crippen LogP contribution is -2.47. The van der Waals surface area contributed by atoms with Gasteiger partial charge in [0, 0.05) is 12.8 Å². The zero-order chi connectivity index (χ0) is 59.3. The number of ether oxygens (including phenoxy) is 1. The fourth-order valence-corrected chi connectivity index (χ4v) is 10.5. The first kappa shape index (κ1) is 78.5. The molecule has 0 radical (unpaired) electrons. The molecule has 9 nitrogen and oxygen atoms in total. The smallest absolute Gasteiger partial charge is 0.306 e. The number of likely N-dealkylation sites (N-methyl/N-ethyl adjacent to an activating group) is 1. The molecule has 0 heterocycles. The van der Waals surface area contributed by atoms with Gasteiger partial charge in [0.1, 0.15) is 19.3 Å². The van der Waals surface area contributed by atoms with Crippen LogP contribution < -0.4 is 10.2 Å². The SMILES string of the molecule is CCCCC/C=C\C/C=C\C/C=C\C/C=C\CCCCCC(=O)NC(COP(=O)([O-])OCC[N+](C)(C)C)C(/C=C/CCCCCCCCCCCCC)OC(=O)CCCCCCCCCCCCCCC/C=C/CCCCCCCC. The molecule has 1 amide bonds. The molecule has 0 aliphatic carbocycles. The number of hydrogen-bond acceptors (Lipinski definition) is 7. The number of unbranched alkanes of at least 4 members (excludes halogenated alkanes) is 36. The van der Waals surface area contributed by atoms with Gasteiger partial charge in [-0.25, -0.2) is 0 Å². The third-order valence-corrected chi connectivity index (χ3v) is 16.1. The van der Waals surface area contributed by atoms with Crippen molar-refractivity contribution < 1.29 is 37.3 Å². The van der Waals surface area contributed by atoms with Crippen molar-refractivity contribution >= 4 is 19.7 Å². The number of phosphoric ester groups is 1. The molecule has 472 valence electrons. The van der Waals surface area contributed by atoms with E-state index in [1.807, 2.05) is 33.3 Å². The lowest BCUT2D eigenvalue weighted by Gasteiger charge is -2.30. The predicted octanol–water partition coefficient (Wildman–Crippen LogP) is 20.9. The highest BCUT2D eigenvalue weighted by Crippen LogP contribution is 2.38. The summed E-state index contributed by atoms with van der Waals surface area (Å²) in [6, 6.07) is -0.908. The highest BCUT2D eigenvalue weighted by Gasteiger charge is 2.27. The van der Waals surface area contributed by atoms with Crippen LogP contribution in [0.5, 0.6) is 0 Å². The standard InChI is InChI=1S/C71H131N2O7P/c1-7-10-13-16-19-22-25-28-30-32-34-35-36-37-39-41-43-46-49-52-55-58-61-64-71(75)80-69(62-59-56-53-50-47-44-27-24-21-18-15-12-9-3)68(67-79-81(76,77)78-66-65-73(4,5)6)72-70(74)63-60-57-54-51-48-45-42-40-38-33-31-29-26-23-20-17-14-11-8-2/h20,23,28-31,38,40,45,48,59,62,68-69H,7-19,21-22,24-27,32-37,39,41-44,46-47,49-58,60-61,63-67H2,1-6H3,(H-,72,74,76,77)/b23-20-,30-28+,31-29-,40-38-,48-45-,62-59+. The molecule has 0 saturated carbocycles. The number of allylic oxidation sites excluding steroid dienone is 11. The molecular weight excluding hydrogens is 1020 g/mol. The van der Waals surface area contributed by atoms with E-state index in [4.69, 9.17) is 13.8 Å². The third kappa shape index (κ3) is 61.8. The number of esters is 1. The fourth-order valence-electron chi connectivity index (χ4n) is 9.80. The highest BCUT2D eigenvalue weighted by atomic mass is 31.2. The number of quaternary nitrogens is 1. The molecule has 0 aromatic carbocycles. The van der Waals surface area contributed by atoms with Crippen molar-refractivity contribution in [3.8, 4) is 0 Å². The molecule has 0 aromatic heterocycles. The van der Waals surface area contributed by atoms with E-state index in [1.54, 1.807) is 0 Å². The molecule has 81 heavy (non-hydrogen) atoms. The predicted molar refractivity (Wildman–Crippen MR) is 348 cm³/mol. The second-order valence-corrected chi connectivity index (χ2v) is 25.7. The van der Waals surface area contributed by atoms with Crippen LogP contribution in [0.2, 0.25) is 0 Å². The zero-order valence-electron chi connectivity index (χ0n) is 54.0. The Morgan fingerprint density at radius 1 is 0.432 bits per heavy atom. The van der Waals surface area contributed by atoms with Crippen LogP contribution in [0.3, 0.4) is 0 Å². The van der Waals surface area contributed by atoms with E-state index in [9.17, 15) is 19.0 Å². The van der Waals surface area contributed by atoms with Gasteiger partial charge in [-0.2, -0.15) is 0 Å². The van der Waals surface area contributed by atoms with Gasteiger partial charge >= 0.3 is 5.97 Å². The minimum Gasteiger partial charge on any atom is -0.756 e. The number of carbonyl (C=O) groups is 2. The van der Waals surface area contributed by atoms with Crippen molar-refractivity contribution in [1.82, 2.24) is 5.32 Å². The first-order valence-corrected chi connectivity index (χ1v) is 35.7. The van der Waals surface area contributed by atoms with Crippen molar-refractivity contribution in [2.75, 3.05) is 40.9 Å². The normalized spacial score (nSPS) is 14.0. The number of carbonyl (C=O) groups excluding carboxylic acids is 2. The topological polar surface area (TPSA) is 114 Å². The van der Waals surface area contributed by atoms with Gasteiger partial charge in [-0.05, 0) is 102 Å². The summed E-state index contributed by atoms with van der Waals surface area (Å²) in [5.41, 5.74) is 0. The summed E-state index contributed by atoms with van der Waals surface area (Å²) in [7, 11) is 1.17. The number of nitrogens with zero attached hydrogens (tertiary/aromatic N) is 1. The van der Waals surface area contributed by atoms with Crippen LogP contribution >= 0.6 is 7.82 Å². The van der Waals surface area contributed by atoms with Crippen molar-refractivity contribution in [2.45, 2.75) is 328 Å². The Morgan fingerprint density at radius 3 is 1.17 bits per heavy atom. The largest absolute Gasteiger partial charge is 0.756 e. The number of nitrogens with one attached hydrogen (secondary N) is 1. The van der Waals surface area contributed by atoms with Crippen molar-refractivity contribution in [2.24, 2.45) is 0 Å². The number of phosphoric acid groups is 1. The monoisotopic (exact) mass is 1150 g/mol. The molecule has 0 aliphatic heterocycles. The zero-order valence-corrected chi connectivity index (χ0v) is 54.9. The maximum absolute atomic E-state index is 13.6. The molecule has 10 heteroatoms. The summed E-state index contributed by atoms with van der Waals surface area (Å²) in [6.07, 6.45) is 78.8. The Balaban J connectivity index is 5.20. The van der Waals surface area contributed by atoms with Crippen molar-refractivity contribution in [3.05, 3.63) is 72.9 Å². The fraction of sp³-hybridized carbons (Fsp3) is 0.803. The average molecular weight is 1160 g/mol.